The van der Waals surface area contributed by atoms with E-state index in [4.69, 9.17) is 0 Å². The first kappa shape index (κ1) is 15.8. The summed E-state index contributed by atoms with van der Waals surface area (Å²) in [5.41, 5.74) is -1.38. The molecule has 0 aromatic heterocycles. The quantitative estimate of drug-likeness (QED) is 0.901. The first-order chi connectivity index (χ1) is 9.82. The minimum absolute atomic E-state index is 0.0813. The highest BCUT2D eigenvalue weighted by molar-refractivity contribution is 5.95. The highest BCUT2D eigenvalue weighted by atomic mass is 19.1. The predicted molar refractivity (Wildman–Crippen MR) is 74.3 cm³/mol. The normalized spacial score (nSPS) is 19.4. The second-order valence-corrected chi connectivity index (χ2v) is 5.96. The van der Waals surface area contributed by atoms with E-state index in [0.717, 1.165) is 19.4 Å². The van der Waals surface area contributed by atoms with Gasteiger partial charge in [-0.25, -0.2) is 13.2 Å². The Kier molecular flexibility index (Phi) is 4.56. The maximum Gasteiger partial charge on any atom is 0.230 e. The maximum atomic E-state index is 13.6. The van der Waals surface area contributed by atoms with Gasteiger partial charge in [0.05, 0.1) is 0 Å². The van der Waals surface area contributed by atoms with Crippen LogP contribution in [0.3, 0.4) is 0 Å². The monoisotopic (exact) mass is 300 g/mol. The number of benzene rings is 1. The highest BCUT2D eigenvalue weighted by Crippen LogP contribution is 2.33. The number of carbonyl (C=O) groups is 1. The molecule has 3 nitrogen and oxygen atoms in total. The zero-order valence-electron chi connectivity index (χ0n) is 12.1. The van der Waals surface area contributed by atoms with Crippen LogP contribution in [0.4, 0.5) is 18.9 Å². The molecular weight excluding hydrogens is 281 g/mol. The summed E-state index contributed by atoms with van der Waals surface area (Å²) < 4.78 is 40.1. The number of halogens is 3. The Balaban J connectivity index is 2.17. The van der Waals surface area contributed by atoms with Crippen molar-refractivity contribution in [3.05, 3.63) is 29.6 Å². The van der Waals surface area contributed by atoms with Crippen LogP contribution < -0.4 is 10.6 Å². The Labute approximate surface area is 121 Å². The molecule has 0 saturated carbocycles. The van der Waals surface area contributed by atoms with E-state index in [1.165, 1.54) is 0 Å². The van der Waals surface area contributed by atoms with Gasteiger partial charge in [0.2, 0.25) is 5.91 Å². The molecule has 1 aliphatic heterocycles. The smallest absolute Gasteiger partial charge is 0.230 e. The van der Waals surface area contributed by atoms with E-state index < -0.39 is 34.5 Å². The average Bonchev–Trinajstić information content (AvgIpc) is 2.43. The summed E-state index contributed by atoms with van der Waals surface area (Å²) in [5, 5.41) is 5.47. The summed E-state index contributed by atoms with van der Waals surface area (Å²) >= 11 is 0. The van der Waals surface area contributed by atoms with Gasteiger partial charge in [-0.2, -0.15) is 0 Å². The second-order valence-electron chi connectivity index (χ2n) is 5.96. The molecule has 21 heavy (non-hydrogen) atoms. The van der Waals surface area contributed by atoms with Gasteiger partial charge in [-0.1, -0.05) is 13.8 Å². The van der Waals surface area contributed by atoms with Crippen LogP contribution in [-0.2, 0) is 4.79 Å². The molecule has 0 bridgehead atoms. The minimum Gasteiger partial charge on any atom is -0.321 e. The molecule has 1 saturated heterocycles. The minimum atomic E-state index is -1.11. The van der Waals surface area contributed by atoms with Gasteiger partial charge in [-0.3, -0.25) is 4.79 Å². The first-order valence-corrected chi connectivity index (χ1v) is 6.99. The lowest BCUT2D eigenvalue weighted by Gasteiger charge is -2.36. The van der Waals surface area contributed by atoms with Gasteiger partial charge in [0.15, 0.2) is 11.6 Å². The van der Waals surface area contributed by atoms with Gasteiger partial charge in [0.25, 0.3) is 0 Å². The van der Waals surface area contributed by atoms with Crippen LogP contribution in [0.25, 0.3) is 0 Å². The topological polar surface area (TPSA) is 41.1 Å². The van der Waals surface area contributed by atoms with Crippen LogP contribution in [0.15, 0.2) is 12.1 Å². The number of carbonyl (C=O) groups excluding carboxylic acids is 1. The number of hydrogen-bond donors (Lipinski definition) is 2. The Morgan fingerprint density at radius 2 is 1.90 bits per heavy atom. The van der Waals surface area contributed by atoms with E-state index in [2.05, 4.69) is 10.6 Å². The molecule has 6 heteroatoms. The van der Waals surface area contributed by atoms with Crippen molar-refractivity contribution >= 4 is 11.6 Å². The van der Waals surface area contributed by atoms with Gasteiger partial charge in [0.1, 0.15) is 11.5 Å². The molecule has 116 valence electrons. The van der Waals surface area contributed by atoms with Crippen LogP contribution in [0.5, 0.6) is 0 Å². The number of piperidine rings is 1. The Bertz CT molecular complexity index is 517. The van der Waals surface area contributed by atoms with Gasteiger partial charge in [0, 0.05) is 17.5 Å². The van der Waals surface area contributed by atoms with Gasteiger partial charge < -0.3 is 10.6 Å². The SMILES string of the molecule is CC(C)(C(=O)Nc1c(F)cc(F)cc1F)C1CCCNC1. The molecule has 1 heterocycles. The molecule has 1 fully saturated rings. The zero-order chi connectivity index (χ0) is 15.6. The predicted octanol–water partition coefficient (Wildman–Crippen LogP) is 3.07. The number of anilines is 1. The van der Waals surface area contributed by atoms with Crippen LogP contribution >= 0.6 is 0 Å². The second kappa shape index (κ2) is 6.05. The average molecular weight is 300 g/mol. The van der Waals surface area contributed by atoms with E-state index in [0.29, 0.717) is 18.7 Å². The molecule has 1 amide bonds. The first-order valence-electron chi connectivity index (χ1n) is 6.99. The largest absolute Gasteiger partial charge is 0.321 e. The van der Waals surface area contributed by atoms with Crippen LogP contribution in [-0.4, -0.2) is 19.0 Å². The van der Waals surface area contributed by atoms with Crippen LogP contribution in [0.2, 0.25) is 0 Å². The number of nitrogens with one attached hydrogen (secondary N) is 2. The van der Waals surface area contributed by atoms with Crippen molar-refractivity contribution in [3.8, 4) is 0 Å². The highest BCUT2D eigenvalue weighted by Gasteiger charge is 2.37. The Hall–Kier alpha value is -1.56. The standard InChI is InChI=1S/C15H19F3N2O/c1-15(2,9-4-3-5-19-8-9)14(21)20-13-11(17)6-10(16)7-12(13)18/h6-7,9,19H,3-5,8H2,1-2H3,(H,20,21). The van der Waals surface area contributed by atoms with Crippen molar-refractivity contribution in [3.63, 3.8) is 0 Å². The van der Waals surface area contributed by atoms with Crippen molar-refractivity contribution in [1.82, 2.24) is 5.32 Å². The molecule has 1 aromatic carbocycles. The lowest BCUT2D eigenvalue weighted by atomic mass is 9.74. The van der Waals surface area contributed by atoms with Crippen LogP contribution in [0.1, 0.15) is 26.7 Å². The Morgan fingerprint density at radius 1 is 1.29 bits per heavy atom. The Morgan fingerprint density at radius 3 is 2.43 bits per heavy atom. The summed E-state index contributed by atoms with van der Waals surface area (Å²) in [6, 6.07) is 1.10. The lowest BCUT2D eigenvalue weighted by Crippen LogP contribution is -2.45. The van der Waals surface area contributed by atoms with E-state index in [1.807, 2.05) is 0 Å². The number of amides is 1. The number of rotatable bonds is 3. The van der Waals surface area contributed by atoms with E-state index in [9.17, 15) is 18.0 Å². The number of hydrogen-bond acceptors (Lipinski definition) is 2. The molecule has 2 rings (SSSR count). The van der Waals surface area contributed by atoms with E-state index >= 15 is 0 Å². The molecule has 1 aromatic rings. The lowest BCUT2D eigenvalue weighted by molar-refractivity contribution is -0.127. The summed E-state index contributed by atoms with van der Waals surface area (Å²) in [7, 11) is 0. The molecular formula is C15H19F3N2O. The van der Waals surface area contributed by atoms with Crippen molar-refractivity contribution in [2.45, 2.75) is 26.7 Å². The summed E-state index contributed by atoms with van der Waals surface area (Å²) in [6.07, 6.45) is 1.84. The van der Waals surface area contributed by atoms with Crippen molar-refractivity contribution in [2.75, 3.05) is 18.4 Å². The fourth-order valence-corrected chi connectivity index (χ4v) is 2.59. The fraction of sp³-hybridized carbons (Fsp3) is 0.533. The third-order valence-electron chi connectivity index (χ3n) is 4.15. The van der Waals surface area contributed by atoms with Crippen molar-refractivity contribution in [2.24, 2.45) is 11.3 Å². The fourth-order valence-electron chi connectivity index (χ4n) is 2.59. The van der Waals surface area contributed by atoms with Crippen molar-refractivity contribution < 1.29 is 18.0 Å². The summed E-state index contributed by atoms with van der Waals surface area (Å²) in [6.45, 7) is 5.10. The molecule has 1 atom stereocenters. The van der Waals surface area contributed by atoms with Gasteiger partial charge in [-0.05, 0) is 31.8 Å². The zero-order valence-corrected chi connectivity index (χ0v) is 12.1. The molecule has 2 N–H and O–H groups in total. The molecule has 0 radical (unpaired) electrons. The van der Waals surface area contributed by atoms with E-state index in [-0.39, 0.29) is 5.92 Å². The van der Waals surface area contributed by atoms with E-state index in [1.54, 1.807) is 13.8 Å². The summed E-state index contributed by atoms with van der Waals surface area (Å²) in [5.74, 6) is -3.63. The van der Waals surface area contributed by atoms with Gasteiger partial charge in [-0.15, -0.1) is 0 Å². The molecule has 0 spiro atoms. The van der Waals surface area contributed by atoms with Crippen LogP contribution in [0, 0.1) is 28.8 Å². The molecule has 1 aliphatic rings. The molecule has 1 unspecified atom stereocenters. The third-order valence-corrected chi connectivity index (χ3v) is 4.15. The maximum absolute atomic E-state index is 13.6. The van der Waals surface area contributed by atoms with Gasteiger partial charge >= 0.3 is 0 Å². The molecule has 0 aliphatic carbocycles. The van der Waals surface area contributed by atoms with Crippen molar-refractivity contribution in [1.29, 1.82) is 0 Å². The summed E-state index contributed by atoms with van der Waals surface area (Å²) in [4.78, 5) is 12.4. The third kappa shape index (κ3) is 3.37.